The van der Waals surface area contributed by atoms with E-state index in [1.165, 1.54) is 30.5 Å². The van der Waals surface area contributed by atoms with Crippen LogP contribution < -0.4 is 10.1 Å². The molecule has 1 aromatic carbocycles. The van der Waals surface area contributed by atoms with Gasteiger partial charge in [-0.05, 0) is 30.7 Å². The molecule has 3 rings (SSSR count). The molecule has 1 amide bonds. The van der Waals surface area contributed by atoms with Crippen molar-refractivity contribution in [2.24, 2.45) is 0 Å². The van der Waals surface area contributed by atoms with Crippen molar-refractivity contribution in [1.29, 1.82) is 0 Å². The number of ether oxygens (including phenoxy) is 1. The second kappa shape index (κ2) is 7.97. The smallest absolute Gasteiger partial charge is 0.387 e. The van der Waals surface area contributed by atoms with E-state index >= 15 is 0 Å². The highest BCUT2D eigenvalue weighted by Gasteiger charge is 2.25. The first-order valence-electron chi connectivity index (χ1n) is 7.85. The topological polar surface area (TPSA) is 77.2 Å². The normalized spacial score (nSPS) is 11.6. The number of benzene rings is 1. The first kappa shape index (κ1) is 19.8. The molecule has 0 spiro atoms. The van der Waals surface area contributed by atoms with Gasteiger partial charge in [-0.25, -0.2) is 13.8 Å². The van der Waals surface area contributed by atoms with E-state index in [4.69, 9.17) is 4.42 Å². The monoisotopic (exact) mass is 415 g/mol. The predicted octanol–water partition coefficient (Wildman–Crippen LogP) is 4.85. The molecule has 11 heteroatoms. The Hall–Kier alpha value is -2.95. The Kier molecular flexibility index (Phi) is 5.63. The predicted molar refractivity (Wildman–Crippen MR) is 93.0 cm³/mol. The molecule has 0 bridgehead atoms. The summed E-state index contributed by atoms with van der Waals surface area (Å²) in [6.45, 7) is -2.21. The van der Waals surface area contributed by atoms with Gasteiger partial charge in [-0.1, -0.05) is 12.1 Å². The molecule has 0 saturated heterocycles. The minimum absolute atomic E-state index is 0.0335. The zero-order valence-electron chi connectivity index (χ0n) is 14.3. The Morgan fingerprint density at radius 3 is 2.82 bits per heavy atom. The number of hydrogen-bond acceptors (Lipinski definition) is 6. The van der Waals surface area contributed by atoms with E-state index in [0.29, 0.717) is 11.1 Å². The maximum absolute atomic E-state index is 13.0. The number of carbonyl (C=O) groups excluding carboxylic acids is 1. The molecule has 148 valence electrons. The summed E-state index contributed by atoms with van der Waals surface area (Å²) in [6.07, 6.45) is 0.640. The zero-order chi connectivity index (χ0) is 20.3. The summed E-state index contributed by atoms with van der Waals surface area (Å²) in [7, 11) is 0. The van der Waals surface area contributed by atoms with Gasteiger partial charge in [0.15, 0.2) is 11.6 Å². The molecule has 0 unspecified atom stereocenters. The van der Waals surface area contributed by atoms with Crippen molar-refractivity contribution in [3.8, 4) is 16.9 Å². The standard InChI is InChI=1S/C17H13F4N3O3S/c1-17(20,21)7-13-22-16(28-24-13)23-14(25)12-6-10(8-26-12)9-3-2-4-11(5-9)27-15(18)19/h2-6,8,15H,7H2,1H3,(H,22,23,24,25). The number of aromatic nitrogens is 2. The molecule has 0 fully saturated rings. The van der Waals surface area contributed by atoms with Gasteiger partial charge in [0.25, 0.3) is 11.8 Å². The van der Waals surface area contributed by atoms with Crippen molar-refractivity contribution in [3.63, 3.8) is 0 Å². The molecule has 0 radical (unpaired) electrons. The Morgan fingerprint density at radius 2 is 2.11 bits per heavy atom. The van der Waals surface area contributed by atoms with Crippen LogP contribution in [0.4, 0.5) is 22.7 Å². The summed E-state index contributed by atoms with van der Waals surface area (Å²) in [4.78, 5) is 16.1. The van der Waals surface area contributed by atoms with Gasteiger partial charge < -0.3 is 9.15 Å². The van der Waals surface area contributed by atoms with Crippen LogP contribution in [0, 0.1) is 0 Å². The van der Waals surface area contributed by atoms with Crippen molar-refractivity contribution in [2.75, 3.05) is 5.32 Å². The number of halogens is 4. The van der Waals surface area contributed by atoms with Gasteiger partial charge in [0.05, 0.1) is 12.7 Å². The number of furan rings is 1. The second-order valence-corrected chi connectivity index (χ2v) is 6.57. The molecule has 2 aromatic heterocycles. The molecular weight excluding hydrogens is 402 g/mol. The van der Waals surface area contributed by atoms with Crippen LogP contribution in [0.25, 0.3) is 11.1 Å². The Morgan fingerprint density at radius 1 is 1.32 bits per heavy atom. The average molecular weight is 415 g/mol. The van der Waals surface area contributed by atoms with Gasteiger partial charge in [0.1, 0.15) is 5.75 Å². The summed E-state index contributed by atoms with van der Waals surface area (Å²) in [5, 5.41) is 2.46. The Bertz CT molecular complexity index is 968. The highest BCUT2D eigenvalue weighted by Crippen LogP contribution is 2.27. The lowest BCUT2D eigenvalue weighted by Crippen LogP contribution is -2.15. The molecule has 2 heterocycles. The van der Waals surface area contributed by atoms with Gasteiger partial charge in [-0.2, -0.15) is 13.2 Å². The summed E-state index contributed by atoms with van der Waals surface area (Å²) < 4.78 is 63.9. The van der Waals surface area contributed by atoms with E-state index in [1.807, 2.05) is 0 Å². The van der Waals surface area contributed by atoms with Crippen LogP contribution in [0.5, 0.6) is 5.75 Å². The molecule has 0 atom stereocenters. The lowest BCUT2D eigenvalue weighted by atomic mass is 10.1. The number of nitrogens with zero attached hydrogens (tertiary/aromatic N) is 2. The van der Waals surface area contributed by atoms with Crippen molar-refractivity contribution in [1.82, 2.24) is 9.36 Å². The molecule has 3 aromatic rings. The van der Waals surface area contributed by atoms with Crippen LogP contribution in [0.3, 0.4) is 0 Å². The van der Waals surface area contributed by atoms with Crippen molar-refractivity contribution >= 4 is 22.6 Å². The third-order valence-corrected chi connectivity index (χ3v) is 4.04. The first-order chi connectivity index (χ1) is 13.2. The molecule has 28 heavy (non-hydrogen) atoms. The molecule has 1 N–H and O–H groups in total. The fourth-order valence-corrected chi connectivity index (χ4v) is 2.85. The third kappa shape index (κ3) is 5.28. The van der Waals surface area contributed by atoms with E-state index in [0.717, 1.165) is 18.5 Å². The second-order valence-electron chi connectivity index (χ2n) is 5.82. The number of anilines is 1. The van der Waals surface area contributed by atoms with Gasteiger partial charge in [0.2, 0.25) is 5.13 Å². The summed E-state index contributed by atoms with van der Waals surface area (Å²) in [6, 6.07) is 7.30. The summed E-state index contributed by atoms with van der Waals surface area (Å²) in [5.74, 6) is -3.80. The quantitative estimate of drug-likeness (QED) is 0.558. The van der Waals surface area contributed by atoms with Crippen LogP contribution in [-0.4, -0.2) is 27.8 Å². The molecule has 6 nitrogen and oxygen atoms in total. The van der Waals surface area contributed by atoms with Crippen molar-refractivity contribution in [2.45, 2.75) is 25.9 Å². The highest BCUT2D eigenvalue weighted by atomic mass is 32.1. The van der Waals surface area contributed by atoms with E-state index < -0.39 is 24.9 Å². The van der Waals surface area contributed by atoms with Gasteiger partial charge in [0, 0.05) is 17.1 Å². The van der Waals surface area contributed by atoms with Crippen molar-refractivity contribution in [3.05, 3.63) is 48.2 Å². The minimum atomic E-state index is -2.96. The highest BCUT2D eigenvalue weighted by molar-refractivity contribution is 7.09. The fraction of sp³-hybridized carbons (Fsp3) is 0.235. The van der Waals surface area contributed by atoms with Crippen LogP contribution in [-0.2, 0) is 6.42 Å². The Labute approximate surface area is 160 Å². The van der Waals surface area contributed by atoms with Gasteiger partial charge in [-0.15, -0.1) is 0 Å². The van der Waals surface area contributed by atoms with E-state index in [-0.39, 0.29) is 22.5 Å². The van der Waals surface area contributed by atoms with Crippen LogP contribution in [0.1, 0.15) is 23.3 Å². The number of alkyl halides is 4. The third-order valence-electron chi connectivity index (χ3n) is 3.37. The largest absolute Gasteiger partial charge is 0.459 e. The SMILES string of the molecule is CC(F)(F)Cc1nsc(NC(=O)c2cc(-c3cccc(OC(F)F)c3)co2)n1. The maximum atomic E-state index is 13.0. The number of nitrogens with one attached hydrogen (secondary N) is 1. The number of amides is 1. The Balaban J connectivity index is 1.69. The summed E-state index contributed by atoms with van der Waals surface area (Å²) in [5.41, 5.74) is 0.970. The van der Waals surface area contributed by atoms with E-state index in [2.05, 4.69) is 19.4 Å². The fourth-order valence-electron chi connectivity index (χ4n) is 2.27. The van der Waals surface area contributed by atoms with Crippen LogP contribution in [0.2, 0.25) is 0 Å². The maximum Gasteiger partial charge on any atom is 0.387 e. The lowest BCUT2D eigenvalue weighted by molar-refractivity contribution is -0.0498. The number of rotatable bonds is 7. The number of hydrogen-bond donors (Lipinski definition) is 1. The van der Waals surface area contributed by atoms with Crippen molar-refractivity contribution < 1.29 is 31.5 Å². The summed E-state index contributed by atoms with van der Waals surface area (Å²) >= 11 is 0.768. The lowest BCUT2D eigenvalue weighted by Gasteiger charge is -2.05. The molecule has 0 aliphatic rings. The van der Waals surface area contributed by atoms with Crippen LogP contribution in [0.15, 0.2) is 41.0 Å². The molecule has 0 saturated carbocycles. The first-order valence-corrected chi connectivity index (χ1v) is 8.62. The van der Waals surface area contributed by atoms with E-state index in [9.17, 15) is 22.4 Å². The van der Waals surface area contributed by atoms with Gasteiger partial charge in [-0.3, -0.25) is 10.1 Å². The zero-order valence-corrected chi connectivity index (χ0v) is 15.1. The average Bonchev–Trinajstić information content (AvgIpc) is 3.22. The molecular formula is C17H13F4N3O3S. The molecule has 0 aliphatic carbocycles. The minimum Gasteiger partial charge on any atom is -0.459 e. The van der Waals surface area contributed by atoms with E-state index in [1.54, 1.807) is 6.07 Å². The van der Waals surface area contributed by atoms with Gasteiger partial charge >= 0.3 is 6.61 Å². The number of carbonyl (C=O) groups is 1. The molecule has 0 aliphatic heterocycles. The van der Waals surface area contributed by atoms with Crippen LogP contribution >= 0.6 is 11.5 Å².